The smallest absolute Gasteiger partial charge is 0.272 e. The Bertz CT molecular complexity index is 1360. The average Bonchev–Trinajstić information content (AvgIpc) is 3.66. The largest absolute Gasteiger partial charge is 0.383 e. The first-order valence-corrected chi connectivity index (χ1v) is 19.1. The van der Waals surface area contributed by atoms with Crippen LogP contribution in [0.1, 0.15) is 128 Å². The summed E-state index contributed by atoms with van der Waals surface area (Å²) < 4.78 is 0. The lowest BCUT2D eigenvalue weighted by Crippen LogP contribution is -2.61. The van der Waals surface area contributed by atoms with Crippen molar-refractivity contribution in [3.05, 3.63) is 24.3 Å². The molecule has 3 aliphatic carbocycles. The minimum absolute atomic E-state index is 0.0397. The molecule has 4 N–H and O–H groups in total. The molecule has 0 bridgehead atoms. The maximum Gasteiger partial charge on any atom is 0.272 e. The molecule has 1 aromatic rings. The fourth-order valence-corrected chi connectivity index (χ4v) is 8.40. The molecule has 4 fully saturated rings. The van der Waals surface area contributed by atoms with Crippen molar-refractivity contribution in [2.45, 2.75) is 148 Å². The summed E-state index contributed by atoms with van der Waals surface area (Å²) in [4.78, 5) is 78.7. The Balaban J connectivity index is 1.34. The first kappa shape index (κ1) is 37.8. The molecular weight excluding hydrogens is 636 g/mol. The van der Waals surface area contributed by atoms with Gasteiger partial charge in [0.2, 0.25) is 17.7 Å². The molecule has 12 nitrogen and oxygen atoms in total. The molecule has 7 atom stereocenters. The van der Waals surface area contributed by atoms with E-state index >= 15 is 0 Å². The van der Waals surface area contributed by atoms with E-state index in [2.05, 4.69) is 25.9 Å². The Kier molecular flexibility index (Phi) is 12.7. The van der Waals surface area contributed by atoms with Gasteiger partial charge in [0.25, 0.3) is 5.91 Å². The van der Waals surface area contributed by atoms with Crippen molar-refractivity contribution in [2.24, 2.45) is 29.1 Å². The zero-order chi connectivity index (χ0) is 36.0. The Hall–Kier alpha value is -3.41. The summed E-state index contributed by atoms with van der Waals surface area (Å²) in [6.45, 7) is 8.00. The molecule has 1 unspecified atom stereocenters. The standard InChI is InChI=1S/C38H58N6O6/c1-5-10-27(32(46)30(45)20-24-15-16-24)41-36(49)31-26-14-9-13-25(26)22-44(31)37(50)33(38(2,3)4)43-34(47)28(19-23-11-7-6-8-12-23)42-35(48)29-21-39-17-18-40-29/h17-18,21,23-28,31-33,46H,5-16,19-20,22H2,1-4H3,(H,41,49)(H,42,48)(H,43,47)/t25-,26-,27-,28-,31-,32?,33+/m0/s1. The highest BCUT2D eigenvalue weighted by Gasteiger charge is 2.52. The third kappa shape index (κ3) is 9.47. The number of ketones is 1. The molecule has 4 aliphatic rings. The van der Waals surface area contributed by atoms with Gasteiger partial charge in [0.15, 0.2) is 5.78 Å². The number of Topliss-reactive ketones (excluding diaryl/α,β-unsaturated/α-hetero) is 1. The van der Waals surface area contributed by atoms with Crippen LogP contribution in [0.25, 0.3) is 0 Å². The van der Waals surface area contributed by atoms with E-state index < -0.39 is 47.5 Å². The molecule has 1 aliphatic heterocycles. The summed E-state index contributed by atoms with van der Waals surface area (Å²) in [6.07, 6.45) is 14.8. The second kappa shape index (κ2) is 16.7. The van der Waals surface area contributed by atoms with E-state index in [9.17, 15) is 29.1 Å². The number of likely N-dealkylation sites (tertiary alicyclic amines) is 1. The first-order chi connectivity index (χ1) is 23.9. The van der Waals surface area contributed by atoms with Gasteiger partial charge in [0.05, 0.1) is 12.2 Å². The summed E-state index contributed by atoms with van der Waals surface area (Å²) in [6, 6.07) is -3.35. The van der Waals surface area contributed by atoms with Gasteiger partial charge in [-0.15, -0.1) is 0 Å². The van der Waals surface area contributed by atoms with Crippen LogP contribution >= 0.6 is 0 Å². The number of fused-ring (bicyclic) bond motifs is 1. The van der Waals surface area contributed by atoms with Gasteiger partial charge in [0, 0.05) is 25.4 Å². The Labute approximate surface area is 296 Å². The number of carbonyl (C=O) groups excluding carboxylic acids is 5. The fraction of sp³-hybridized carbons (Fsp3) is 0.763. The quantitative estimate of drug-likeness (QED) is 0.215. The second-order valence-corrected chi connectivity index (χ2v) is 16.4. The van der Waals surface area contributed by atoms with Crippen LogP contribution in [0.4, 0.5) is 0 Å². The highest BCUT2D eigenvalue weighted by Crippen LogP contribution is 2.43. The lowest BCUT2D eigenvalue weighted by molar-refractivity contribution is -0.145. The van der Waals surface area contributed by atoms with Crippen molar-refractivity contribution in [1.29, 1.82) is 0 Å². The van der Waals surface area contributed by atoms with Crippen molar-refractivity contribution < 1.29 is 29.1 Å². The van der Waals surface area contributed by atoms with E-state index in [0.29, 0.717) is 38.1 Å². The summed E-state index contributed by atoms with van der Waals surface area (Å²) in [5.41, 5.74) is -0.609. The number of aromatic nitrogens is 2. The molecular formula is C38H58N6O6. The summed E-state index contributed by atoms with van der Waals surface area (Å²) >= 11 is 0. The number of rotatable bonds is 15. The molecule has 5 rings (SSSR count). The van der Waals surface area contributed by atoms with Gasteiger partial charge in [-0.3, -0.25) is 29.0 Å². The van der Waals surface area contributed by atoms with Gasteiger partial charge in [-0.25, -0.2) is 4.98 Å². The number of nitrogens with one attached hydrogen (secondary N) is 3. The number of hydrogen-bond donors (Lipinski definition) is 4. The van der Waals surface area contributed by atoms with Gasteiger partial charge in [-0.1, -0.05) is 72.6 Å². The predicted molar refractivity (Wildman–Crippen MR) is 187 cm³/mol. The predicted octanol–water partition coefficient (Wildman–Crippen LogP) is 3.72. The zero-order valence-corrected chi connectivity index (χ0v) is 30.4. The number of nitrogens with zero attached hydrogens (tertiary/aromatic N) is 3. The van der Waals surface area contributed by atoms with Crippen LogP contribution in [0, 0.1) is 29.1 Å². The van der Waals surface area contributed by atoms with E-state index in [4.69, 9.17) is 0 Å². The van der Waals surface area contributed by atoms with Gasteiger partial charge < -0.3 is 26.0 Å². The van der Waals surface area contributed by atoms with E-state index in [1.54, 1.807) is 4.90 Å². The lowest BCUT2D eigenvalue weighted by atomic mass is 9.83. The molecule has 50 heavy (non-hydrogen) atoms. The SMILES string of the molecule is CCC[C@H](NC(=O)[C@@H]1[C@H]2CCC[C@H]2CN1C(=O)[C@@H](NC(=O)[C@H](CC1CCCCC1)NC(=O)c1cnccn1)C(C)(C)C)C(O)C(=O)CC1CC1. The van der Waals surface area contributed by atoms with Gasteiger partial charge in [-0.05, 0) is 67.6 Å². The molecule has 4 amide bonds. The van der Waals surface area contributed by atoms with Crippen LogP contribution in [-0.2, 0) is 19.2 Å². The monoisotopic (exact) mass is 694 g/mol. The Morgan fingerprint density at radius 3 is 2.30 bits per heavy atom. The number of hydrogen-bond acceptors (Lipinski definition) is 8. The number of aliphatic hydroxyl groups is 1. The van der Waals surface area contributed by atoms with Gasteiger partial charge in [0.1, 0.15) is 29.9 Å². The van der Waals surface area contributed by atoms with Crippen LogP contribution in [0.2, 0.25) is 0 Å². The number of aliphatic hydroxyl groups excluding tert-OH is 1. The van der Waals surface area contributed by atoms with Crippen LogP contribution < -0.4 is 16.0 Å². The van der Waals surface area contributed by atoms with Crippen molar-refractivity contribution in [3.8, 4) is 0 Å². The van der Waals surface area contributed by atoms with E-state index in [-0.39, 0.29) is 41.0 Å². The van der Waals surface area contributed by atoms with Crippen LogP contribution in [-0.4, -0.2) is 86.2 Å². The molecule has 1 aromatic heterocycles. The van der Waals surface area contributed by atoms with Crippen molar-refractivity contribution >= 4 is 29.4 Å². The zero-order valence-electron chi connectivity index (χ0n) is 30.4. The molecule has 12 heteroatoms. The molecule has 1 saturated heterocycles. The van der Waals surface area contributed by atoms with Crippen LogP contribution in [0.15, 0.2) is 18.6 Å². The van der Waals surface area contributed by atoms with Crippen molar-refractivity contribution in [2.75, 3.05) is 6.54 Å². The molecule has 2 heterocycles. The van der Waals surface area contributed by atoms with Crippen LogP contribution in [0.3, 0.4) is 0 Å². The Morgan fingerprint density at radius 2 is 1.66 bits per heavy atom. The maximum atomic E-state index is 14.6. The minimum Gasteiger partial charge on any atom is -0.383 e. The molecule has 3 saturated carbocycles. The van der Waals surface area contributed by atoms with Crippen molar-refractivity contribution in [3.63, 3.8) is 0 Å². The maximum absolute atomic E-state index is 14.6. The normalized spacial score (nSPS) is 24.8. The molecule has 0 radical (unpaired) electrons. The second-order valence-electron chi connectivity index (χ2n) is 16.4. The summed E-state index contributed by atoms with van der Waals surface area (Å²) in [5, 5.41) is 19.9. The lowest BCUT2D eigenvalue weighted by Gasteiger charge is -2.37. The third-order valence-corrected chi connectivity index (χ3v) is 11.4. The first-order valence-electron chi connectivity index (χ1n) is 19.1. The average molecular weight is 695 g/mol. The minimum atomic E-state index is -1.29. The van der Waals surface area contributed by atoms with Crippen molar-refractivity contribution in [1.82, 2.24) is 30.8 Å². The number of amides is 4. The van der Waals surface area contributed by atoms with E-state index in [0.717, 1.165) is 64.2 Å². The van der Waals surface area contributed by atoms with E-state index in [1.165, 1.54) is 18.6 Å². The third-order valence-electron chi connectivity index (χ3n) is 11.4. The van der Waals surface area contributed by atoms with Gasteiger partial charge in [-0.2, -0.15) is 0 Å². The molecule has 0 aromatic carbocycles. The highest BCUT2D eigenvalue weighted by molar-refractivity contribution is 5.98. The Morgan fingerprint density at radius 1 is 0.920 bits per heavy atom. The fourth-order valence-electron chi connectivity index (χ4n) is 8.40. The summed E-state index contributed by atoms with van der Waals surface area (Å²) in [5.74, 6) is -1.18. The van der Waals surface area contributed by atoms with Crippen LogP contribution in [0.5, 0.6) is 0 Å². The highest BCUT2D eigenvalue weighted by atomic mass is 16.3. The topological polar surface area (TPSA) is 171 Å². The van der Waals surface area contributed by atoms with Gasteiger partial charge >= 0.3 is 0 Å². The molecule has 276 valence electrons. The number of carbonyl (C=O) groups is 5. The van der Waals surface area contributed by atoms with E-state index in [1.807, 2.05) is 27.7 Å². The molecule has 0 spiro atoms. The summed E-state index contributed by atoms with van der Waals surface area (Å²) in [7, 11) is 0.